The van der Waals surface area contributed by atoms with E-state index in [0.717, 1.165) is 0 Å². The number of nitrogens with zero attached hydrogens (tertiary/aromatic N) is 3. The molecular formula is C13H11N3O. The Labute approximate surface area is 99.2 Å². The van der Waals surface area contributed by atoms with Gasteiger partial charge in [-0.3, -0.25) is 0 Å². The average Bonchev–Trinajstić information content (AvgIpc) is 2.40. The van der Waals surface area contributed by atoms with Crippen molar-refractivity contribution in [2.75, 3.05) is 0 Å². The van der Waals surface area contributed by atoms with Crippen LogP contribution in [0.5, 0.6) is 0 Å². The first-order chi connectivity index (χ1) is 8.14. The van der Waals surface area contributed by atoms with Crippen molar-refractivity contribution < 1.29 is 5.11 Å². The van der Waals surface area contributed by atoms with Gasteiger partial charge in [-0.1, -0.05) is 12.1 Å². The summed E-state index contributed by atoms with van der Waals surface area (Å²) in [5.74, 6) is 0. The molecule has 1 heterocycles. The van der Waals surface area contributed by atoms with E-state index >= 15 is 0 Å². The summed E-state index contributed by atoms with van der Waals surface area (Å²) < 4.78 is 0. The lowest BCUT2D eigenvalue weighted by molar-refractivity contribution is 0.101. The molecule has 0 bridgehead atoms. The Morgan fingerprint density at radius 2 is 1.71 bits per heavy atom. The molecule has 2 aromatic rings. The number of rotatable bonds is 2. The van der Waals surface area contributed by atoms with E-state index in [1.54, 1.807) is 43.6 Å². The molecule has 0 saturated carbocycles. The maximum absolute atomic E-state index is 10.5. The number of nitriles is 1. The number of hydrogen-bond donors (Lipinski definition) is 1. The lowest BCUT2D eigenvalue weighted by atomic mass is 9.90. The first-order valence-electron chi connectivity index (χ1n) is 5.13. The van der Waals surface area contributed by atoms with Crippen LogP contribution in [0.1, 0.15) is 23.6 Å². The molecule has 4 heteroatoms. The van der Waals surface area contributed by atoms with Crippen molar-refractivity contribution in [1.82, 2.24) is 9.97 Å². The molecule has 0 aliphatic heterocycles. The molecule has 17 heavy (non-hydrogen) atoms. The summed E-state index contributed by atoms with van der Waals surface area (Å²) in [5.41, 5.74) is 0.722. The lowest BCUT2D eigenvalue weighted by Crippen LogP contribution is -2.23. The highest BCUT2D eigenvalue weighted by Gasteiger charge is 2.25. The van der Waals surface area contributed by atoms with Crippen molar-refractivity contribution >= 4 is 0 Å². The van der Waals surface area contributed by atoms with Gasteiger partial charge >= 0.3 is 0 Å². The fourth-order valence-electron chi connectivity index (χ4n) is 1.59. The first-order valence-corrected chi connectivity index (χ1v) is 5.13. The fraction of sp³-hybridized carbons (Fsp3) is 0.154. The second-order valence-corrected chi connectivity index (χ2v) is 3.89. The molecule has 1 aromatic heterocycles. The van der Waals surface area contributed by atoms with Crippen molar-refractivity contribution in [1.29, 1.82) is 5.26 Å². The molecule has 0 aliphatic carbocycles. The van der Waals surface area contributed by atoms with Crippen LogP contribution in [0.4, 0.5) is 0 Å². The standard InChI is InChI=1S/C13H11N3O/c1-13(17,12-7-15-9-16-8-12)11-4-2-10(6-14)3-5-11/h2-5,7-9,17H,1H3. The normalized spacial score (nSPS) is 13.7. The molecule has 0 saturated heterocycles. The topological polar surface area (TPSA) is 69.8 Å². The summed E-state index contributed by atoms with van der Waals surface area (Å²) >= 11 is 0. The van der Waals surface area contributed by atoms with Gasteiger partial charge in [-0.15, -0.1) is 0 Å². The SMILES string of the molecule is CC(O)(c1ccc(C#N)cc1)c1cncnc1. The second kappa shape index (κ2) is 4.32. The van der Waals surface area contributed by atoms with Crippen molar-refractivity contribution in [2.24, 2.45) is 0 Å². The maximum Gasteiger partial charge on any atom is 0.115 e. The Morgan fingerprint density at radius 3 is 2.24 bits per heavy atom. The molecule has 1 unspecified atom stereocenters. The van der Waals surface area contributed by atoms with Gasteiger partial charge in [0.05, 0.1) is 11.6 Å². The second-order valence-electron chi connectivity index (χ2n) is 3.89. The largest absolute Gasteiger partial charge is 0.381 e. The predicted octanol–water partition coefficient (Wildman–Crippen LogP) is 1.60. The van der Waals surface area contributed by atoms with Crippen molar-refractivity contribution in [3.8, 4) is 6.07 Å². The highest BCUT2D eigenvalue weighted by atomic mass is 16.3. The third-order valence-electron chi connectivity index (χ3n) is 2.70. The van der Waals surface area contributed by atoms with Gasteiger partial charge in [-0.25, -0.2) is 9.97 Å². The summed E-state index contributed by atoms with van der Waals surface area (Å²) in [6.45, 7) is 1.67. The zero-order valence-corrected chi connectivity index (χ0v) is 9.33. The summed E-state index contributed by atoms with van der Waals surface area (Å²) in [6, 6.07) is 8.84. The molecule has 1 atom stereocenters. The zero-order valence-electron chi connectivity index (χ0n) is 9.33. The summed E-state index contributed by atoms with van der Waals surface area (Å²) in [4.78, 5) is 7.77. The molecule has 0 fully saturated rings. The number of aliphatic hydroxyl groups is 1. The fourth-order valence-corrected chi connectivity index (χ4v) is 1.59. The highest BCUT2D eigenvalue weighted by molar-refractivity contribution is 5.37. The Morgan fingerprint density at radius 1 is 1.12 bits per heavy atom. The molecule has 0 radical (unpaired) electrons. The summed E-state index contributed by atoms with van der Waals surface area (Å²) in [6.07, 6.45) is 4.56. The average molecular weight is 225 g/mol. The number of aromatic nitrogens is 2. The van der Waals surface area contributed by atoms with E-state index in [-0.39, 0.29) is 0 Å². The van der Waals surface area contributed by atoms with Crippen LogP contribution in [0.15, 0.2) is 43.0 Å². The van der Waals surface area contributed by atoms with Crippen LogP contribution in [0, 0.1) is 11.3 Å². The lowest BCUT2D eigenvalue weighted by Gasteiger charge is -2.23. The Balaban J connectivity index is 2.41. The van der Waals surface area contributed by atoms with Crippen LogP contribution < -0.4 is 0 Å². The van der Waals surface area contributed by atoms with Gasteiger partial charge in [0.25, 0.3) is 0 Å². The highest BCUT2D eigenvalue weighted by Crippen LogP contribution is 2.27. The molecule has 0 spiro atoms. The van der Waals surface area contributed by atoms with E-state index in [1.165, 1.54) is 6.33 Å². The third-order valence-corrected chi connectivity index (χ3v) is 2.70. The molecule has 1 N–H and O–H groups in total. The number of hydrogen-bond acceptors (Lipinski definition) is 4. The van der Waals surface area contributed by atoms with Crippen LogP contribution in [-0.2, 0) is 5.60 Å². The van der Waals surface area contributed by atoms with Gasteiger partial charge in [-0.2, -0.15) is 5.26 Å². The van der Waals surface area contributed by atoms with Gasteiger partial charge in [0, 0.05) is 18.0 Å². The Bertz CT molecular complexity index is 541. The zero-order chi connectivity index (χ0) is 12.3. The van der Waals surface area contributed by atoms with Gasteiger partial charge < -0.3 is 5.11 Å². The van der Waals surface area contributed by atoms with Crippen LogP contribution in [0.2, 0.25) is 0 Å². The predicted molar refractivity (Wildman–Crippen MR) is 61.9 cm³/mol. The molecular weight excluding hydrogens is 214 g/mol. The van der Waals surface area contributed by atoms with E-state index in [9.17, 15) is 5.11 Å². The molecule has 84 valence electrons. The van der Waals surface area contributed by atoms with E-state index in [0.29, 0.717) is 16.7 Å². The molecule has 2 rings (SSSR count). The van der Waals surface area contributed by atoms with Gasteiger partial charge in [0.2, 0.25) is 0 Å². The first kappa shape index (κ1) is 11.2. The van der Waals surface area contributed by atoms with Crippen molar-refractivity contribution in [2.45, 2.75) is 12.5 Å². The molecule has 0 amide bonds. The van der Waals surface area contributed by atoms with E-state index < -0.39 is 5.60 Å². The minimum atomic E-state index is -1.16. The van der Waals surface area contributed by atoms with Crippen LogP contribution in [0.25, 0.3) is 0 Å². The van der Waals surface area contributed by atoms with Gasteiger partial charge in [0.15, 0.2) is 0 Å². The summed E-state index contributed by atoms with van der Waals surface area (Å²) in [7, 11) is 0. The van der Waals surface area contributed by atoms with Crippen LogP contribution >= 0.6 is 0 Å². The minimum Gasteiger partial charge on any atom is -0.381 e. The van der Waals surface area contributed by atoms with Crippen molar-refractivity contribution in [3.63, 3.8) is 0 Å². The maximum atomic E-state index is 10.5. The van der Waals surface area contributed by atoms with E-state index in [2.05, 4.69) is 9.97 Å². The molecule has 1 aromatic carbocycles. The molecule has 4 nitrogen and oxygen atoms in total. The smallest absolute Gasteiger partial charge is 0.115 e. The molecule has 0 aliphatic rings. The van der Waals surface area contributed by atoms with Crippen LogP contribution in [0.3, 0.4) is 0 Å². The minimum absolute atomic E-state index is 0.564. The Hall–Kier alpha value is -2.25. The van der Waals surface area contributed by atoms with Gasteiger partial charge in [-0.05, 0) is 24.6 Å². The van der Waals surface area contributed by atoms with Crippen molar-refractivity contribution in [3.05, 3.63) is 59.7 Å². The van der Waals surface area contributed by atoms with E-state index in [4.69, 9.17) is 5.26 Å². The number of benzene rings is 1. The Kier molecular flexibility index (Phi) is 2.86. The monoisotopic (exact) mass is 225 g/mol. The quantitative estimate of drug-likeness (QED) is 0.842. The third kappa shape index (κ3) is 2.14. The van der Waals surface area contributed by atoms with E-state index in [1.807, 2.05) is 6.07 Å². The van der Waals surface area contributed by atoms with Crippen LogP contribution in [-0.4, -0.2) is 15.1 Å². The van der Waals surface area contributed by atoms with Gasteiger partial charge in [0.1, 0.15) is 11.9 Å². The summed E-state index contributed by atoms with van der Waals surface area (Å²) in [5, 5.41) is 19.2.